The summed E-state index contributed by atoms with van der Waals surface area (Å²) in [7, 11) is 0. The Balaban J connectivity index is 0. The third-order valence-electron chi connectivity index (χ3n) is 0.866. The first-order valence-electron chi connectivity index (χ1n) is 3.03. The number of hydrogen-bond donors (Lipinski definition) is 2. The molecule has 0 aliphatic carbocycles. The molecule has 0 saturated heterocycles. The normalized spacial score (nSPS) is 8.25. The van der Waals surface area contributed by atoms with Crippen molar-refractivity contribution in [1.29, 1.82) is 0 Å². The van der Waals surface area contributed by atoms with Gasteiger partial charge in [0.2, 0.25) is 0 Å². The molecule has 8 heavy (non-hydrogen) atoms. The first-order chi connectivity index (χ1) is 3.77. The van der Waals surface area contributed by atoms with E-state index in [-0.39, 0.29) is 0 Å². The quantitative estimate of drug-likeness (QED) is 0.558. The van der Waals surface area contributed by atoms with Gasteiger partial charge < -0.3 is 0 Å². The SMILES string of the molecule is CCCC(C)C.NS. The Hall–Kier alpha value is 0.310. The van der Waals surface area contributed by atoms with Gasteiger partial charge >= 0.3 is 0 Å². The molecule has 0 aliphatic heterocycles. The molecule has 0 aromatic rings. The fourth-order valence-electron chi connectivity index (χ4n) is 0.577. The smallest absolute Gasteiger partial charge is 0.0471 e. The average Bonchev–Trinajstić information content (AvgIpc) is 1.72. The summed E-state index contributed by atoms with van der Waals surface area (Å²) in [6.45, 7) is 6.73. The summed E-state index contributed by atoms with van der Waals surface area (Å²) < 4.78 is 0. The van der Waals surface area contributed by atoms with E-state index in [9.17, 15) is 0 Å². The predicted molar refractivity (Wildman–Crippen MR) is 42.9 cm³/mol. The molecule has 0 unspecified atom stereocenters. The second-order valence-electron chi connectivity index (χ2n) is 2.18. The molecule has 0 amide bonds. The van der Waals surface area contributed by atoms with Crippen LogP contribution in [-0.2, 0) is 0 Å². The third-order valence-corrected chi connectivity index (χ3v) is 0.866. The maximum absolute atomic E-state index is 4.19. The monoisotopic (exact) mass is 135 g/mol. The molecule has 0 bridgehead atoms. The van der Waals surface area contributed by atoms with Gasteiger partial charge in [-0.15, -0.1) is 12.8 Å². The summed E-state index contributed by atoms with van der Waals surface area (Å²) in [5.41, 5.74) is 0. The molecule has 0 saturated carbocycles. The van der Waals surface area contributed by atoms with E-state index in [2.05, 4.69) is 38.7 Å². The fourth-order valence-corrected chi connectivity index (χ4v) is 0.577. The Bertz CT molecular complexity index is 29.7. The lowest BCUT2D eigenvalue weighted by Gasteiger charge is -1.95. The van der Waals surface area contributed by atoms with Crippen molar-refractivity contribution in [3.8, 4) is 0 Å². The Morgan fingerprint density at radius 2 is 1.75 bits per heavy atom. The first kappa shape index (κ1) is 11.2. The van der Waals surface area contributed by atoms with Crippen molar-refractivity contribution in [2.45, 2.75) is 33.6 Å². The van der Waals surface area contributed by atoms with Crippen LogP contribution in [0.25, 0.3) is 0 Å². The molecule has 52 valence electrons. The third kappa shape index (κ3) is 16.2. The van der Waals surface area contributed by atoms with Crippen molar-refractivity contribution >= 4 is 12.8 Å². The summed E-state index contributed by atoms with van der Waals surface area (Å²) >= 11 is 3.03. The lowest BCUT2D eigenvalue weighted by molar-refractivity contribution is 0.576. The van der Waals surface area contributed by atoms with Gasteiger partial charge in [0.1, 0.15) is 0 Å². The molecule has 0 aromatic carbocycles. The highest BCUT2D eigenvalue weighted by Crippen LogP contribution is 2.00. The highest BCUT2D eigenvalue weighted by atomic mass is 32.1. The molecule has 0 fully saturated rings. The molecule has 0 aliphatic rings. The van der Waals surface area contributed by atoms with Crippen LogP contribution >= 0.6 is 12.8 Å². The van der Waals surface area contributed by atoms with E-state index < -0.39 is 0 Å². The van der Waals surface area contributed by atoms with Crippen molar-refractivity contribution in [3.63, 3.8) is 0 Å². The molecule has 2 heteroatoms. The number of rotatable bonds is 2. The van der Waals surface area contributed by atoms with Crippen molar-refractivity contribution in [1.82, 2.24) is 0 Å². The lowest BCUT2D eigenvalue weighted by atomic mass is 10.1. The van der Waals surface area contributed by atoms with Gasteiger partial charge in [-0.05, 0) is 5.92 Å². The fraction of sp³-hybridized carbons (Fsp3) is 1.00. The minimum Gasteiger partial charge on any atom is -0.281 e. The van der Waals surface area contributed by atoms with Gasteiger partial charge in [-0.3, -0.25) is 5.14 Å². The van der Waals surface area contributed by atoms with Crippen molar-refractivity contribution in [3.05, 3.63) is 0 Å². The minimum atomic E-state index is 0.898. The highest BCUT2D eigenvalue weighted by Gasteiger charge is 1.85. The Labute approximate surface area is 58.2 Å². The van der Waals surface area contributed by atoms with Gasteiger partial charge in [0.15, 0.2) is 0 Å². The molecule has 1 nitrogen and oxygen atoms in total. The van der Waals surface area contributed by atoms with Crippen LogP contribution in [-0.4, -0.2) is 0 Å². The van der Waals surface area contributed by atoms with E-state index in [1.165, 1.54) is 12.8 Å². The van der Waals surface area contributed by atoms with E-state index in [0.717, 1.165) is 5.92 Å². The van der Waals surface area contributed by atoms with Gasteiger partial charge in [0.25, 0.3) is 0 Å². The molecule has 0 spiro atoms. The van der Waals surface area contributed by atoms with Crippen molar-refractivity contribution in [2.24, 2.45) is 11.1 Å². The zero-order valence-electron chi connectivity index (χ0n) is 6.02. The van der Waals surface area contributed by atoms with Gasteiger partial charge in [0, 0.05) is 0 Å². The summed E-state index contributed by atoms with van der Waals surface area (Å²) in [6, 6.07) is 0. The Kier molecular flexibility index (Phi) is 14.4. The van der Waals surface area contributed by atoms with Crippen molar-refractivity contribution < 1.29 is 0 Å². The Morgan fingerprint density at radius 1 is 1.38 bits per heavy atom. The second kappa shape index (κ2) is 10.3. The van der Waals surface area contributed by atoms with E-state index in [1.807, 2.05) is 0 Å². The van der Waals surface area contributed by atoms with E-state index in [1.54, 1.807) is 0 Å². The number of nitrogens with two attached hydrogens (primary N) is 1. The number of hydrogen-bond acceptors (Lipinski definition) is 2. The molecule has 0 aromatic heterocycles. The van der Waals surface area contributed by atoms with Crippen molar-refractivity contribution in [2.75, 3.05) is 0 Å². The van der Waals surface area contributed by atoms with Gasteiger partial charge in [-0.1, -0.05) is 33.6 Å². The highest BCUT2D eigenvalue weighted by molar-refractivity contribution is 7.77. The topological polar surface area (TPSA) is 26.0 Å². The van der Waals surface area contributed by atoms with E-state index in [0.29, 0.717) is 0 Å². The maximum atomic E-state index is 4.19. The first-order valence-corrected chi connectivity index (χ1v) is 3.54. The Morgan fingerprint density at radius 3 is 1.75 bits per heavy atom. The zero-order valence-corrected chi connectivity index (χ0v) is 6.91. The average molecular weight is 135 g/mol. The lowest BCUT2D eigenvalue weighted by Crippen LogP contribution is -1.81. The summed E-state index contributed by atoms with van der Waals surface area (Å²) in [5, 5.41) is 4.19. The minimum absolute atomic E-state index is 0.898. The van der Waals surface area contributed by atoms with Gasteiger partial charge in [-0.2, -0.15) is 0 Å². The van der Waals surface area contributed by atoms with Crippen LogP contribution in [0, 0.1) is 5.92 Å². The summed E-state index contributed by atoms with van der Waals surface area (Å²) in [5.74, 6) is 0.898. The molecule has 2 N–H and O–H groups in total. The molecule has 0 radical (unpaired) electrons. The second-order valence-corrected chi connectivity index (χ2v) is 2.18. The van der Waals surface area contributed by atoms with Crippen LogP contribution in [0.3, 0.4) is 0 Å². The summed E-state index contributed by atoms with van der Waals surface area (Å²) in [6.07, 6.45) is 2.71. The van der Waals surface area contributed by atoms with E-state index in [4.69, 9.17) is 0 Å². The maximum Gasteiger partial charge on any atom is -0.0471 e. The van der Waals surface area contributed by atoms with Crippen LogP contribution in [0.1, 0.15) is 33.6 Å². The van der Waals surface area contributed by atoms with Crippen LogP contribution in [0.5, 0.6) is 0 Å². The zero-order chi connectivity index (χ0) is 6.99. The standard InChI is InChI=1S/C6H14.H3NS/c1-4-5-6(2)3;1-2/h6H,4-5H2,1-3H3;2H,1H2. The molecular weight excluding hydrogens is 118 g/mol. The van der Waals surface area contributed by atoms with Crippen LogP contribution in [0.2, 0.25) is 0 Å². The predicted octanol–water partition coefficient (Wildman–Crippen LogP) is 2.23. The summed E-state index contributed by atoms with van der Waals surface area (Å²) in [4.78, 5) is 0. The van der Waals surface area contributed by atoms with Crippen LogP contribution in [0.4, 0.5) is 0 Å². The van der Waals surface area contributed by atoms with Crippen LogP contribution < -0.4 is 5.14 Å². The molecule has 0 atom stereocenters. The largest absolute Gasteiger partial charge is 0.281 e. The molecule has 0 heterocycles. The number of thiol groups is 1. The van der Waals surface area contributed by atoms with Gasteiger partial charge in [-0.25, -0.2) is 0 Å². The molecular formula is C6H17NS. The van der Waals surface area contributed by atoms with E-state index >= 15 is 0 Å². The van der Waals surface area contributed by atoms with Crippen LogP contribution in [0.15, 0.2) is 0 Å². The molecule has 0 rings (SSSR count). The van der Waals surface area contributed by atoms with Gasteiger partial charge in [0.05, 0.1) is 0 Å².